The first-order valence-electron chi connectivity index (χ1n) is 4.15. The van der Waals surface area contributed by atoms with Gasteiger partial charge < -0.3 is 5.32 Å². The molecule has 1 aromatic carbocycles. The van der Waals surface area contributed by atoms with Gasteiger partial charge in [-0.05, 0) is 32.0 Å². The predicted octanol–water partition coefficient (Wildman–Crippen LogP) is 3.14. The maximum atomic E-state index is 13.1. The molecule has 2 nitrogen and oxygen atoms in total. The molecule has 4 heteroatoms. The Kier molecular flexibility index (Phi) is 3.26. The summed E-state index contributed by atoms with van der Waals surface area (Å²) in [6.07, 6.45) is 0. The zero-order chi connectivity index (χ0) is 10.8. The van der Waals surface area contributed by atoms with Crippen molar-refractivity contribution in [1.82, 2.24) is 0 Å². The first-order valence-corrected chi connectivity index (χ1v) is 4.95. The SMILES string of the molecule is CC(C)(F)C(=O)Nc1cccc(Br)c1. The Morgan fingerprint density at radius 2 is 2.14 bits per heavy atom. The molecule has 0 atom stereocenters. The number of halogens is 2. The number of nitrogens with one attached hydrogen (secondary N) is 1. The van der Waals surface area contributed by atoms with Crippen molar-refractivity contribution in [3.8, 4) is 0 Å². The first-order chi connectivity index (χ1) is 6.39. The Morgan fingerprint density at radius 3 is 2.64 bits per heavy atom. The van der Waals surface area contributed by atoms with Crippen LogP contribution >= 0.6 is 15.9 Å². The third-order valence-electron chi connectivity index (χ3n) is 1.62. The largest absolute Gasteiger partial charge is 0.323 e. The molecular weight excluding hydrogens is 249 g/mol. The average molecular weight is 260 g/mol. The van der Waals surface area contributed by atoms with Crippen molar-refractivity contribution in [3.63, 3.8) is 0 Å². The second-order valence-electron chi connectivity index (χ2n) is 3.44. The van der Waals surface area contributed by atoms with Crippen LogP contribution in [0.3, 0.4) is 0 Å². The number of hydrogen-bond donors (Lipinski definition) is 1. The molecule has 0 bridgehead atoms. The van der Waals surface area contributed by atoms with Gasteiger partial charge in [0.05, 0.1) is 0 Å². The Hall–Kier alpha value is -0.900. The summed E-state index contributed by atoms with van der Waals surface area (Å²) in [5, 5.41) is 2.48. The minimum Gasteiger partial charge on any atom is -0.323 e. The molecule has 76 valence electrons. The van der Waals surface area contributed by atoms with Crippen LogP contribution in [-0.2, 0) is 4.79 Å². The van der Waals surface area contributed by atoms with E-state index in [1.54, 1.807) is 18.2 Å². The van der Waals surface area contributed by atoms with Crippen molar-refractivity contribution in [1.29, 1.82) is 0 Å². The van der Waals surface area contributed by atoms with Crippen molar-refractivity contribution in [2.45, 2.75) is 19.5 Å². The smallest absolute Gasteiger partial charge is 0.261 e. The van der Waals surface area contributed by atoms with Gasteiger partial charge in [0.2, 0.25) is 0 Å². The summed E-state index contributed by atoms with van der Waals surface area (Å²) in [6.45, 7) is 2.45. The van der Waals surface area contributed by atoms with E-state index in [4.69, 9.17) is 0 Å². The van der Waals surface area contributed by atoms with Crippen molar-refractivity contribution >= 4 is 27.5 Å². The fourth-order valence-corrected chi connectivity index (χ4v) is 1.25. The average Bonchev–Trinajstić information content (AvgIpc) is 2.02. The normalized spacial score (nSPS) is 11.1. The van der Waals surface area contributed by atoms with Gasteiger partial charge in [-0.2, -0.15) is 0 Å². The van der Waals surface area contributed by atoms with Crippen molar-refractivity contribution in [3.05, 3.63) is 28.7 Å². The van der Waals surface area contributed by atoms with Crippen LogP contribution in [0.15, 0.2) is 28.7 Å². The summed E-state index contributed by atoms with van der Waals surface area (Å²) in [6, 6.07) is 7.01. The lowest BCUT2D eigenvalue weighted by Gasteiger charge is -2.13. The zero-order valence-corrected chi connectivity index (χ0v) is 9.56. The van der Waals surface area contributed by atoms with Crippen LogP contribution in [-0.4, -0.2) is 11.6 Å². The standard InChI is InChI=1S/C10H11BrFNO/c1-10(2,12)9(14)13-8-5-3-4-7(11)6-8/h3-6H,1-2H3,(H,13,14). The summed E-state index contributed by atoms with van der Waals surface area (Å²) in [4.78, 5) is 11.2. The van der Waals surface area contributed by atoms with E-state index in [0.717, 1.165) is 4.47 Å². The molecule has 0 unspecified atom stereocenters. The maximum absolute atomic E-state index is 13.1. The summed E-state index contributed by atoms with van der Waals surface area (Å²) >= 11 is 3.26. The number of anilines is 1. The second kappa shape index (κ2) is 4.09. The van der Waals surface area contributed by atoms with Crippen LogP contribution in [0.25, 0.3) is 0 Å². The molecule has 0 heterocycles. The lowest BCUT2D eigenvalue weighted by molar-refractivity contribution is -0.125. The molecular formula is C10H11BrFNO. The van der Waals surface area contributed by atoms with Crippen LogP contribution in [0.1, 0.15) is 13.8 Å². The van der Waals surface area contributed by atoms with E-state index < -0.39 is 11.6 Å². The molecule has 1 N–H and O–H groups in total. The maximum Gasteiger partial charge on any atom is 0.261 e. The molecule has 0 fully saturated rings. The molecule has 0 aliphatic carbocycles. The molecule has 0 saturated heterocycles. The molecule has 1 aromatic rings. The van der Waals surface area contributed by atoms with Crippen LogP contribution in [0.2, 0.25) is 0 Å². The number of carbonyl (C=O) groups excluding carboxylic acids is 1. The van der Waals surface area contributed by atoms with Crippen molar-refractivity contribution < 1.29 is 9.18 Å². The van der Waals surface area contributed by atoms with E-state index in [0.29, 0.717) is 5.69 Å². The highest BCUT2D eigenvalue weighted by Gasteiger charge is 2.26. The summed E-state index contributed by atoms with van der Waals surface area (Å²) < 4.78 is 14.0. The number of hydrogen-bond acceptors (Lipinski definition) is 1. The van der Waals surface area contributed by atoms with E-state index in [1.807, 2.05) is 6.07 Å². The minimum atomic E-state index is -1.86. The lowest BCUT2D eigenvalue weighted by atomic mass is 10.1. The predicted molar refractivity (Wildman–Crippen MR) is 58.0 cm³/mol. The van der Waals surface area contributed by atoms with Crippen molar-refractivity contribution in [2.24, 2.45) is 0 Å². The topological polar surface area (TPSA) is 29.1 Å². The van der Waals surface area contributed by atoms with Gasteiger partial charge in [0.15, 0.2) is 5.67 Å². The number of benzene rings is 1. The van der Waals surface area contributed by atoms with Crippen LogP contribution in [0, 0.1) is 0 Å². The molecule has 1 rings (SSSR count). The third-order valence-corrected chi connectivity index (χ3v) is 2.12. The van der Waals surface area contributed by atoms with Gasteiger partial charge in [0.25, 0.3) is 5.91 Å². The van der Waals surface area contributed by atoms with Gasteiger partial charge in [0, 0.05) is 10.2 Å². The van der Waals surface area contributed by atoms with E-state index in [-0.39, 0.29) is 0 Å². The molecule has 0 radical (unpaired) electrons. The van der Waals surface area contributed by atoms with Gasteiger partial charge in [-0.15, -0.1) is 0 Å². The summed E-state index contributed by atoms with van der Waals surface area (Å²) in [5.74, 6) is -0.643. The van der Waals surface area contributed by atoms with Gasteiger partial charge in [-0.3, -0.25) is 4.79 Å². The molecule has 1 amide bonds. The van der Waals surface area contributed by atoms with Gasteiger partial charge in [0.1, 0.15) is 0 Å². The van der Waals surface area contributed by atoms with Gasteiger partial charge >= 0.3 is 0 Å². The van der Waals surface area contributed by atoms with Gasteiger partial charge in [-0.25, -0.2) is 4.39 Å². The summed E-state index contributed by atoms with van der Waals surface area (Å²) in [5.41, 5.74) is -1.28. The highest BCUT2D eigenvalue weighted by molar-refractivity contribution is 9.10. The third kappa shape index (κ3) is 3.10. The monoisotopic (exact) mass is 259 g/mol. The molecule has 0 spiro atoms. The van der Waals surface area contributed by atoms with Crippen LogP contribution in [0.4, 0.5) is 10.1 Å². The number of carbonyl (C=O) groups is 1. The molecule has 0 aliphatic heterocycles. The Balaban J connectivity index is 2.75. The Morgan fingerprint density at radius 1 is 1.50 bits per heavy atom. The molecule has 0 saturated carbocycles. The van der Waals surface area contributed by atoms with Gasteiger partial charge in [-0.1, -0.05) is 22.0 Å². The Bertz CT molecular complexity index is 346. The highest BCUT2D eigenvalue weighted by Crippen LogP contribution is 2.18. The molecule has 0 aromatic heterocycles. The van der Waals surface area contributed by atoms with Crippen LogP contribution in [0.5, 0.6) is 0 Å². The van der Waals surface area contributed by atoms with E-state index in [9.17, 15) is 9.18 Å². The van der Waals surface area contributed by atoms with E-state index in [1.165, 1.54) is 13.8 Å². The lowest BCUT2D eigenvalue weighted by Crippen LogP contribution is -2.32. The zero-order valence-electron chi connectivity index (χ0n) is 7.97. The van der Waals surface area contributed by atoms with E-state index >= 15 is 0 Å². The van der Waals surface area contributed by atoms with Crippen molar-refractivity contribution in [2.75, 3.05) is 5.32 Å². The van der Waals surface area contributed by atoms with Crippen LogP contribution < -0.4 is 5.32 Å². The quantitative estimate of drug-likeness (QED) is 0.869. The minimum absolute atomic E-state index is 0.579. The number of rotatable bonds is 2. The van der Waals surface area contributed by atoms with E-state index in [2.05, 4.69) is 21.2 Å². The first kappa shape index (κ1) is 11.2. The number of alkyl halides is 1. The number of amides is 1. The fraction of sp³-hybridized carbons (Fsp3) is 0.300. The summed E-state index contributed by atoms with van der Waals surface area (Å²) in [7, 11) is 0. The highest BCUT2D eigenvalue weighted by atomic mass is 79.9. The second-order valence-corrected chi connectivity index (χ2v) is 4.35. The molecule has 0 aliphatic rings. The molecule has 14 heavy (non-hydrogen) atoms. The fourth-order valence-electron chi connectivity index (χ4n) is 0.846. The Labute approximate surface area is 90.6 Å².